The zero-order chi connectivity index (χ0) is 30.7. The molecule has 0 saturated carbocycles. The first-order valence-corrected chi connectivity index (χ1v) is 14.7. The molecular weight excluding hydrogens is 552 g/mol. The largest absolute Gasteiger partial charge is 0.463 e. The van der Waals surface area contributed by atoms with Gasteiger partial charge in [-0.1, -0.05) is 13.8 Å². The monoisotopic (exact) mass is 590 g/mol. The van der Waals surface area contributed by atoms with E-state index in [9.17, 15) is 19.6 Å². The molecule has 0 radical (unpaired) electrons. The molecule has 3 aromatic rings. The number of esters is 1. The first-order valence-electron chi connectivity index (χ1n) is 14.7. The van der Waals surface area contributed by atoms with E-state index in [0.29, 0.717) is 67.2 Å². The van der Waals surface area contributed by atoms with E-state index >= 15 is 0 Å². The number of nitrogens with zero attached hydrogens (tertiary/aromatic N) is 4. The van der Waals surface area contributed by atoms with E-state index in [1.54, 1.807) is 29.1 Å². The molecule has 5 rings (SSSR count). The van der Waals surface area contributed by atoms with Crippen molar-refractivity contribution >= 4 is 34.3 Å². The van der Waals surface area contributed by atoms with Crippen LogP contribution in [0.2, 0.25) is 0 Å². The number of H-pyrrole nitrogens is 1. The molecule has 43 heavy (non-hydrogen) atoms. The summed E-state index contributed by atoms with van der Waals surface area (Å²) in [4.78, 5) is 43.4. The van der Waals surface area contributed by atoms with Crippen molar-refractivity contribution in [3.05, 3.63) is 51.9 Å². The number of nitriles is 1. The first-order chi connectivity index (χ1) is 20.6. The average Bonchev–Trinajstić information content (AvgIpc) is 3.36. The summed E-state index contributed by atoms with van der Waals surface area (Å²) in [6.07, 6.45) is 1.67. The normalized spacial score (nSPS) is 22.4. The number of fused-ring (bicyclic) bond motifs is 1. The van der Waals surface area contributed by atoms with Gasteiger partial charge >= 0.3 is 5.97 Å². The fourth-order valence-electron chi connectivity index (χ4n) is 5.70. The smallest absolute Gasteiger partial charge is 0.335 e. The zero-order valence-corrected chi connectivity index (χ0v) is 25.0. The maximum atomic E-state index is 13.2. The summed E-state index contributed by atoms with van der Waals surface area (Å²) < 4.78 is 18.5. The number of aromatic nitrogens is 3. The van der Waals surface area contributed by atoms with Crippen LogP contribution >= 0.6 is 0 Å². The third-order valence-corrected chi connectivity index (χ3v) is 8.06. The van der Waals surface area contributed by atoms with Crippen LogP contribution in [0.1, 0.15) is 56.0 Å². The lowest BCUT2D eigenvalue weighted by Crippen LogP contribution is -2.47. The van der Waals surface area contributed by atoms with Gasteiger partial charge in [0, 0.05) is 24.0 Å². The number of anilines is 2. The summed E-state index contributed by atoms with van der Waals surface area (Å²) in [7, 11) is 0. The number of benzene rings is 1. The summed E-state index contributed by atoms with van der Waals surface area (Å²) in [5.74, 6) is 0.0587. The highest BCUT2D eigenvalue weighted by atomic mass is 16.6. The summed E-state index contributed by atoms with van der Waals surface area (Å²) in [5.41, 5.74) is 1.34. The summed E-state index contributed by atoms with van der Waals surface area (Å²) in [6, 6.07) is 9.39. The van der Waals surface area contributed by atoms with Crippen LogP contribution in [0.5, 0.6) is 0 Å². The molecule has 228 valence electrons. The third-order valence-electron chi connectivity index (χ3n) is 8.06. The molecule has 2 aliphatic heterocycles. The number of morpholine rings is 1. The molecule has 2 aliphatic rings. The van der Waals surface area contributed by atoms with Crippen molar-refractivity contribution in [2.75, 3.05) is 38.3 Å². The average molecular weight is 591 g/mol. The fraction of sp³-hybridized carbons (Fsp3) is 0.516. The van der Waals surface area contributed by atoms with Crippen molar-refractivity contribution in [2.24, 2.45) is 5.92 Å². The highest BCUT2D eigenvalue weighted by Gasteiger charge is 2.42. The standard InChI is InChI=1S/C31H38N6O6/c1-19(2)16-42-30(40)25-7-9-31(10-11-32,18-43-25)37-24-8-12-33-28(38)26(24)27(35-37)34-22-5-6-23(20(3)15-22)29(39)36-13-14-41-17-21(36)4/h5-6,8,12,15,19,21,25H,7,9-10,13-14,16-18H2,1-4H3,(H,33,38)(H,34,35)/t21?,25-,31?/m0/s1. The van der Waals surface area contributed by atoms with E-state index in [1.807, 2.05) is 38.7 Å². The number of hydrogen-bond donors (Lipinski definition) is 2. The minimum Gasteiger partial charge on any atom is -0.463 e. The van der Waals surface area contributed by atoms with Crippen LogP contribution in [0.15, 0.2) is 35.3 Å². The van der Waals surface area contributed by atoms with Crippen molar-refractivity contribution in [3.8, 4) is 6.07 Å². The SMILES string of the molecule is Cc1cc(Nc2nn(C3(CC#N)CC[C@@H](C(=O)OCC(C)C)OC3)c3cc[nH]c(=O)c23)ccc1C(=O)N1CCOCC1C. The second kappa shape index (κ2) is 12.6. The van der Waals surface area contributed by atoms with Gasteiger partial charge in [-0.25, -0.2) is 4.79 Å². The van der Waals surface area contributed by atoms with Crippen LogP contribution in [0.25, 0.3) is 10.9 Å². The van der Waals surface area contributed by atoms with Gasteiger partial charge in [0.05, 0.1) is 56.0 Å². The molecule has 2 unspecified atom stereocenters. The molecule has 0 bridgehead atoms. The molecule has 12 nitrogen and oxygen atoms in total. The van der Waals surface area contributed by atoms with E-state index in [4.69, 9.17) is 19.3 Å². The van der Waals surface area contributed by atoms with Crippen LogP contribution in [-0.2, 0) is 24.5 Å². The van der Waals surface area contributed by atoms with Gasteiger partial charge in [-0.15, -0.1) is 0 Å². The Morgan fingerprint density at radius 3 is 2.81 bits per heavy atom. The number of carbonyl (C=O) groups excluding carboxylic acids is 2. The molecule has 1 aromatic carbocycles. The van der Waals surface area contributed by atoms with Gasteiger partial charge in [0.1, 0.15) is 5.39 Å². The Morgan fingerprint density at radius 2 is 2.14 bits per heavy atom. The van der Waals surface area contributed by atoms with Crippen molar-refractivity contribution in [1.82, 2.24) is 19.7 Å². The summed E-state index contributed by atoms with van der Waals surface area (Å²) >= 11 is 0. The quantitative estimate of drug-likeness (QED) is 0.375. The van der Waals surface area contributed by atoms with Crippen molar-refractivity contribution < 1.29 is 23.8 Å². The van der Waals surface area contributed by atoms with E-state index in [1.165, 1.54) is 0 Å². The molecule has 3 atom stereocenters. The Labute approximate surface area is 249 Å². The third kappa shape index (κ3) is 6.14. The Kier molecular flexibility index (Phi) is 8.84. The molecule has 4 heterocycles. The summed E-state index contributed by atoms with van der Waals surface area (Å²) in [6.45, 7) is 9.70. The van der Waals surface area contributed by atoms with E-state index < -0.39 is 17.6 Å². The Balaban J connectivity index is 1.43. The van der Waals surface area contributed by atoms with Gasteiger partial charge in [-0.2, -0.15) is 10.4 Å². The van der Waals surface area contributed by atoms with Crippen molar-refractivity contribution in [2.45, 2.75) is 64.6 Å². The van der Waals surface area contributed by atoms with E-state index in [-0.39, 0.29) is 36.5 Å². The molecule has 2 saturated heterocycles. The van der Waals surface area contributed by atoms with Gasteiger partial charge in [0.15, 0.2) is 11.9 Å². The minimum atomic E-state index is -0.892. The van der Waals surface area contributed by atoms with Crippen LogP contribution in [0.3, 0.4) is 0 Å². The number of ether oxygens (including phenoxy) is 3. The number of aryl methyl sites for hydroxylation is 1. The number of hydrogen-bond acceptors (Lipinski definition) is 9. The van der Waals surface area contributed by atoms with E-state index in [2.05, 4.69) is 16.4 Å². The molecular formula is C31H38N6O6. The molecule has 2 N–H and O–H groups in total. The van der Waals surface area contributed by atoms with Gasteiger partial charge in [-0.05, 0) is 62.4 Å². The van der Waals surface area contributed by atoms with Gasteiger partial charge < -0.3 is 29.4 Å². The number of rotatable bonds is 8. The van der Waals surface area contributed by atoms with Crippen molar-refractivity contribution in [1.29, 1.82) is 5.26 Å². The molecule has 0 aliphatic carbocycles. The molecule has 12 heteroatoms. The Morgan fingerprint density at radius 1 is 1.33 bits per heavy atom. The lowest BCUT2D eigenvalue weighted by Gasteiger charge is -2.38. The van der Waals surface area contributed by atoms with Crippen LogP contribution in [-0.4, -0.2) is 76.7 Å². The predicted molar refractivity (Wildman–Crippen MR) is 159 cm³/mol. The minimum absolute atomic E-state index is 0.00836. The second-order valence-electron chi connectivity index (χ2n) is 11.8. The number of carbonyl (C=O) groups is 2. The summed E-state index contributed by atoms with van der Waals surface area (Å²) in [5, 5.41) is 18.2. The highest BCUT2D eigenvalue weighted by Crippen LogP contribution is 2.37. The Hall–Kier alpha value is -4.21. The van der Waals surface area contributed by atoms with Crippen LogP contribution < -0.4 is 10.9 Å². The lowest BCUT2D eigenvalue weighted by molar-refractivity contribution is -0.166. The number of pyridine rings is 1. The van der Waals surface area contributed by atoms with E-state index in [0.717, 1.165) is 5.56 Å². The Bertz CT molecular complexity index is 1600. The van der Waals surface area contributed by atoms with Gasteiger partial charge in [0.25, 0.3) is 11.5 Å². The molecule has 1 amide bonds. The van der Waals surface area contributed by atoms with Crippen molar-refractivity contribution in [3.63, 3.8) is 0 Å². The fourth-order valence-corrected chi connectivity index (χ4v) is 5.70. The van der Waals surface area contributed by atoms with Gasteiger partial charge in [-0.3, -0.25) is 14.3 Å². The predicted octanol–water partition coefficient (Wildman–Crippen LogP) is 3.62. The maximum absolute atomic E-state index is 13.2. The highest BCUT2D eigenvalue weighted by molar-refractivity contribution is 5.97. The second-order valence-corrected chi connectivity index (χ2v) is 11.8. The van der Waals surface area contributed by atoms with Crippen LogP contribution in [0, 0.1) is 24.2 Å². The topological polar surface area (TPSA) is 152 Å². The zero-order valence-electron chi connectivity index (χ0n) is 25.0. The van der Waals surface area contributed by atoms with Crippen LogP contribution in [0.4, 0.5) is 11.5 Å². The number of nitrogens with one attached hydrogen (secondary N) is 2. The number of aromatic amines is 1. The first kappa shape index (κ1) is 30.3. The molecule has 2 fully saturated rings. The number of amides is 1. The van der Waals surface area contributed by atoms with Gasteiger partial charge in [0.2, 0.25) is 0 Å². The lowest BCUT2D eigenvalue weighted by atomic mass is 9.87. The molecule has 2 aromatic heterocycles. The maximum Gasteiger partial charge on any atom is 0.335 e. The molecule has 0 spiro atoms.